The maximum absolute atomic E-state index is 13.2. The van der Waals surface area contributed by atoms with E-state index < -0.39 is 11.6 Å². The summed E-state index contributed by atoms with van der Waals surface area (Å²) in [5.41, 5.74) is 1.26. The van der Waals surface area contributed by atoms with E-state index in [0.717, 1.165) is 41.8 Å². The number of carbonyl (C=O) groups excluding carboxylic acids is 3. The molecule has 4 rings (SSSR count). The molecule has 8 nitrogen and oxygen atoms in total. The van der Waals surface area contributed by atoms with Crippen LogP contribution in [0.25, 0.3) is 0 Å². The average molecular weight is 402 g/mol. The lowest BCUT2D eigenvalue weighted by Gasteiger charge is -2.43. The molecule has 2 heterocycles. The van der Waals surface area contributed by atoms with E-state index in [2.05, 4.69) is 36.5 Å². The number of imide groups is 1. The van der Waals surface area contributed by atoms with Crippen LogP contribution in [0.1, 0.15) is 70.2 Å². The van der Waals surface area contributed by atoms with Crippen LogP contribution in [0.3, 0.4) is 0 Å². The van der Waals surface area contributed by atoms with Gasteiger partial charge in [0, 0.05) is 18.3 Å². The molecule has 29 heavy (non-hydrogen) atoms. The second kappa shape index (κ2) is 6.85. The Morgan fingerprint density at radius 1 is 1.34 bits per heavy atom. The van der Waals surface area contributed by atoms with Gasteiger partial charge in [-0.3, -0.25) is 19.2 Å². The Morgan fingerprint density at radius 3 is 2.83 bits per heavy atom. The van der Waals surface area contributed by atoms with Gasteiger partial charge in [0.15, 0.2) is 0 Å². The zero-order valence-electron chi connectivity index (χ0n) is 17.7. The summed E-state index contributed by atoms with van der Waals surface area (Å²) < 4.78 is 1.85. The Kier molecular flexibility index (Phi) is 4.70. The number of hydrogen-bond donors (Lipinski definition) is 2. The van der Waals surface area contributed by atoms with E-state index >= 15 is 0 Å². The van der Waals surface area contributed by atoms with Gasteiger partial charge >= 0.3 is 6.03 Å². The fraction of sp³-hybridized carbons (Fsp3) is 0.714. The number of urea groups is 1. The van der Waals surface area contributed by atoms with Gasteiger partial charge in [-0.15, -0.1) is 0 Å². The number of fused-ring (bicyclic) bond motifs is 1. The molecule has 1 saturated heterocycles. The topological polar surface area (TPSA) is 96.3 Å². The lowest BCUT2D eigenvalue weighted by atomic mass is 9.64. The lowest BCUT2D eigenvalue weighted by Crippen LogP contribution is -2.54. The van der Waals surface area contributed by atoms with Crippen molar-refractivity contribution in [2.75, 3.05) is 6.54 Å². The third kappa shape index (κ3) is 3.53. The lowest BCUT2D eigenvalue weighted by molar-refractivity contribution is -0.137. The fourth-order valence-electron chi connectivity index (χ4n) is 5.89. The van der Waals surface area contributed by atoms with Crippen molar-refractivity contribution in [3.05, 3.63) is 17.5 Å². The Hall–Kier alpha value is -2.38. The largest absolute Gasteiger partial charge is 0.348 e. The Bertz CT molecular complexity index is 860. The van der Waals surface area contributed by atoms with Crippen LogP contribution in [-0.2, 0) is 23.1 Å². The van der Waals surface area contributed by atoms with Crippen molar-refractivity contribution < 1.29 is 14.4 Å². The molecule has 2 aliphatic carbocycles. The van der Waals surface area contributed by atoms with Crippen LogP contribution in [-0.4, -0.2) is 44.6 Å². The van der Waals surface area contributed by atoms with E-state index in [0.29, 0.717) is 18.8 Å². The SMILES string of the molecule is CC1CC(C)(C)CC2(C1)NC(=O)N(CC(=O)NC1CCCc3c1cnn3C)C2=O. The van der Waals surface area contributed by atoms with Gasteiger partial charge in [-0.05, 0) is 49.9 Å². The first-order valence-electron chi connectivity index (χ1n) is 10.5. The monoisotopic (exact) mass is 401 g/mol. The minimum Gasteiger partial charge on any atom is -0.348 e. The average Bonchev–Trinajstić information content (AvgIpc) is 3.08. The fourth-order valence-corrected chi connectivity index (χ4v) is 5.89. The maximum atomic E-state index is 13.2. The molecule has 1 aliphatic heterocycles. The smallest absolute Gasteiger partial charge is 0.325 e. The highest BCUT2D eigenvalue weighted by Crippen LogP contribution is 2.46. The van der Waals surface area contributed by atoms with Crippen molar-refractivity contribution in [3.63, 3.8) is 0 Å². The molecule has 4 amide bonds. The van der Waals surface area contributed by atoms with E-state index in [9.17, 15) is 14.4 Å². The molecular formula is C21H31N5O3. The third-order valence-electron chi connectivity index (χ3n) is 6.64. The third-order valence-corrected chi connectivity index (χ3v) is 6.64. The van der Waals surface area contributed by atoms with Crippen LogP contribution in [0.4, 0.5) is 4.79 Å². The van der Waals surface area contributed by atoms with Crippen LogP contribution in [0.2, 0.25) is 0 Å². The molecule has 1 saturated carbocycles. The molecular weight excluding hydrogens is 370 g/mol. The second-order valence-electron chi connectivity index (χ2n) is 9.94. The van der Waals surface area contributed by atoms with Gasteiger partial charge in [-0.2, -0.15) is 5.10 Å². The highest BCUT2D eigenvalue weighted by Gasteiger charge is 2.56. The van der Waals surface area contributed by atoms with E-state index in [-0.39, 0.29) is 29.8 Å². The quantitative estimate of drug-likeness (QED) is 0.758. The van der Waals surface area contributed by atoms with Gasteiger partial charge in [0.2, 0.25) is 5.91 Å². The Balaban J connectivity index is 1.45. The molecule has 1 spiro atoms. The van der Waals surface area contributed by atoms with Crippen molar-refractivity contribution in [1.29, 1.82) is 0 Å². The molecule has 0 radical (unpaired) electrons. The normalized spacial score (nSPS) is 31.0. The van der Waals surface area contributed by atoms with Crippen molar-refractivity contribution in [1.82, 2.24) is 25.3 Å². The van der Waals surface area contributed by atoms with Crippen molar-refractivity contribution in [2.45, 2.75) is 70.9 Å². The summed E-state index contributed by atoms with van der Waals surface area (Å²) in [4.78, 5) is 39.6. The van der Waals surface area contributed by atoms with Gasteiger partial charge in [-0.25, -0.2) is 4.79 Å². The summed E-state index contributed by atoms with van der Waals surface area (Å²) in [5.74, 6) is -0.235. The number of nitrogens with one attached hydrogen (secondary N) is 2. The highest BCUT2D eigenvalue weighted by molar-refractivity contribution is 6.09. The zero-order valence-corrected chi connectivity index (χ0v) is 17.7. The Morgan fingerprint density at radius 2 is 2.10 bits per heavy atom. The molecule has 3 aliphatic rings. The number of hydrogen-bond acceptors (Lipinski definition) is 4. The number of aromatic nitrogens is 2. The van der Waals surface area contributed by atoms with Crippen LogP contribution in [0.15, 0.2) is 6.20 Å². The summed E-state index contributed by atoms with van der Waals surface area (Å²) >= 11 is 0. The minimum atomic E-state index is -0.875. The van der Waals surface area contributed by atoms with Gasteiger partial charge in [0.25, 0.3) is 5.91 Å². The van der Waals surface area contributed by atoms with E-state index in [1.165, 1.54) is 0 Å². The first-order valence-corrected chi connectivity index (χ1v) is 10.5. The summed E-state index contributed by atoms with van der Waals surface area (Å²) in [6.45, 7) is 6.14. The predicted molar refractivity (Wildman–Crippen MR) is 107 cm³/mol. The molecule has 0 bridgehead atoms. The number of nitrogens with zero attached hydrogens (tertiary/aromatic N) is 3. The van der Waals surface area contributed by atoms with Crippen LogP contribution in [0.5, 0.6) is 0 Å². The first-order chi connectivity index (χ1) is 13.6. The highest BCUT2D eigenvalue weighted by atomic mass is 16.2. The van der Waals surface area contributed by atoms with Crippen LogP contribution < -0.4 is 10.6 Å². The van der Waals surface area contributed by atoms with Crippen molar-refractivity contribution >= 4 is 17.8 Å². The van der Waals surface area contributed by atoms with Gasteiger partial charge in [-0.1, -0.05) is 20.8 Å². The molecule has 0 aromatic carbocycles. The zero-order chi connectivity index (χ0) is 21.0. The molecule has 2 N–H and O–H groups in total. The van der Waals surface area contributed by atoms with E-state index in [1.807, 2.05) is 11.7 Å². The molecule has 8 heteroatoms. The van der Waals surface area contributed by atoms with Gasteiger partial charge in [0.1, 0.15) is 12.1 Å². The Labute approximate surface area is 171 Å². The summed E-state index contributed by atoms with van der Waals surface area (Å²) in [6.07, 6.45) is 6.80. The molecule has 3 atom stereocenters. The van der Waals surface area contributed by atoms with Gasteiger partial charge < -0.3 is 10.6 Å². The van der Waals surface area contributed by atoms with Crippen LogP contribution >= 0.6 is 0 Å². The van der Waals surface area contributed by atoms with E-state index in [1.54, 1.807) is 6.20 Å². The minimum absolute atomic E-state index is 0.0301. The number of carbonyl (C=O) groups is 3. The van der Waals surface area contributed by atoms with Gasteiger partial charge in [0.05, 0.1) is 12.2 Å². The van der Waals surface area contributed by atoms with Crippen molar-refractivity contribution in [2.24, 2.45) is 18.4 Å². The molecule has 1 aromatic rings. The van der Waals surface area contributed by atoms with E-state index in [4.69, 9.17) is 0 Å². The van der Waals surface area contributed by atoms with Crippen molar-refractivity contribution in [3.8, 4) is 0 Å². The number of amides is 4. The summed E-state index contributed by atoms with van der Waals surface area (Å²) in [5, 5.41) is 10.2. The molecule has 158 valence electrons. The standard InChI is InChI=1S/C21H31N5O3/c1-13-8-20(2,3)12-21(9-13)18(28)26(19(29)24-21)11-17(27)23-15-6-5-7-16-14(15)10-22-25(16)4/h10,13,15H,5-9,11-12H2,1-4H3,(H,23,27)(H,24,29). The van der Waals surface area contributed by atoms with Crippen LogP contribution in [0, 0.1) is 11.3 Å². The molecule has 3 unspecified atom stereocenters. The second-order valence-corrected chi connectivity index (χ2v) is 9.94. The number of rotatable bonds is 3. The predicted octanol–water partition coefficient (Wildman–Crippen LogP) is 2.05. The number of aryl methyl sites for hydroxylation is 1. The summed E-state index contributed by atoms with van der Waals surface area (Å²) in [6, 6.07) is -0.580. The molecule has 2 fully saturated rings. The first kappa shape index (κ1) is 19.9. The summed E-state index contributed by atoms with van der Waals surface area (Å²) in [7, 11) is 1.91. The maximum Gasteiger partial charge on any atom is 0.325 e. The molecule has 1 aromatic heterocycles.